The first-order chi connectivity index (χ1) is 7.59. The van der Waals surface area contributed by atoms with Crippen molar-refractivity contribution < 1.29 is 8.42 Å². The molecule has 84 valence electrons. The topological polar surface area (TPSA) is 114 Å². The number of para-hydroxylation sites is 1. The number of hydrogen-bond donors (Lipinski definition) is 3. The van der Waals surface area contributed by atoms with Crippen LogP contribution in [0.4, 0.5) is 11.6 Å². The van der Waals surface area contributed by atoms with Crippen LogP contribution in [0.2, 0.25) is 0 Å². The lowest BCUT2D eigenvalue weighted by molar-refractivity contribution is 0.601. The molecule has 0 fully saturated rings. The summed E-state index contributed by atoms with van der Waals surface area (Å²) in [7, 11) is -3.72. The van der Waals surface area contributed by atoms with Crippen LogP contribution in [-0.4, -0.2) is 23.6 Å². The molecule has 1 aromatic heterocycles. The van der Waals surface area contributed by atoms with Gasteiger partial charge >= 0.3 is 0 Å². The zero-order chi connectivity index (χ0) is 11.6. The van der Waals surface area contributed by atoms with Crippen molar-refractivity contribution in [2.24, 2.45) is 0 Å². The van der Waals surface area contributed by atoms with Crippen LogP contribution >= 0.6 is 0 Å². The van der Waals surface area contributed by atoms with Crippen molar-refractivity contribution >= 4 is 21.7 Å². The molecule has 0 aliphatic rings. The fraction of sp³-hybridized carbons (Fsp3) is 0. The van der Waals surface area contributed by atoms with Gasteiger partial charge in [-0.25, -0.2) is 18.2 Å². The van der Waals surface area contributed by atoms with Gasteiger partial charge in [-0.15, -0.1) is 0 Å². The number of aromatic nitrogens is 3. The molecule has 0 aliphatic carbocycles. The van der Waals surface area contributed by atoms with E-state index < -0.39 is 10.0 Å². The number of benzene rings is 1. The molecule has 0 unspecified atom stereocenters. The summed E-state index contributed by atoms with van der Waals surface area (Å²) in [6.07, 6.45) is 1.20. The van der Waals surface area contributed by atoms with E-state index in [9.17, 15) is 8.42 Å². The van der Waals surface area contributed by atoms with Gasteiger partial charge in [-0.2, -0.15) is 10.1 Å². The van der Waals surface area contributed by atoms with Crippen LogP contribution in [0, 0.1) is 0 Å². The van der Waals surface area contributed by atoms with Crippen LogP contribution in [0.1, 0.15) is 0 Å². The first kappa shape index (κ1) is 10.4. The number of nitrogens with two attached hydrogens (primary N) is 1. The highest BCUT2D eigenvalue weighted by molar-refractivity contribution is 7.92. The summed E-state index contributed by atoms with van der Waals surface area (Å²) in [5.74, 6) is 0.0447. The predicted molar refractivity (Wildman–Crippen MR) is 58.0 cm³/mol. The van der Waals surface area contributed by atoms with Gasteiger partial charge in [0.15, 0.2) is 0 Å². The van der Waals surface area contributed by atoms with Crippen LogP contribution < -0.4 is 10.5 Å². The molecule has 0 radical (unpaired) electrons. The Labute approximate surface area is 91.8 Å². The van der Waals surface area contributed by atoms with E-state index in [1.165, 1.54) is 18.5 Å². The lowest BCUT2D eigenvalue weighted by Gasteiger charge is -2.06. The Morgan fingerprint density at radius 1 is 1.31 bits per heavy atom. The van der Waals surface area contributed by atoms with E-state index >= 15 is 0 Å². The largest absolute Gasteiger partial charge is 0.398 e. The Morgan fingerprint density at radius 2 is 2.06 bits per heavy atom. The molecule has 0 bridgehead atoms. The standard InChI is InChI=1S/C8H9N5O2S/c9-6-3-1-2-4-7(6)16(14,15)13-8-10-5-11-12-8/h1-5H,9H2,(H2,10,11,12,13). The molecule has 7 nitrogen and oxygen atoms in total. The maximum absolute atomic E-state index is 11.8. The highest BCUT2D eigenvalue weighted by Gasteiger charge is 2.17. The smallest absolute Gasteiger partial charge is 0.266 e. The van der Waals surface area contributed by atoms with Gasteiger partial charge in [-0.1, -0.05) is 12.1 Å². The van der Waals surface area contributed by atoms with Gasteiger partial charge < -0.3 is 5.73 Å². The van der Waals surface area contributed by atoms with E-state index in [0.717, 1.165) is 0 Å². The molecule has 2 rings (SSSR count). The highest BCUT2D eigenvalue weighted by Crippen LogP contribution is 2.18. The Bertz CT molecular complexity index is 578. The number of rotatable bonds is 3. The van der Waals surface area contributed by atoms with E-state index in [1.807, 2.05) is 0 Å². The van der Waals surface area contributed by atoms with Gasteiger partial charge in [-0.05, 0) is 12.1 Å². The molecule has 0 spiro atoms. The van der Waals surface area contributed by atoms with Gasteiger partial charge in [0.1, 0.15) is 11.2 Å². The average molecular weight is 239 g/mol. The summed E-state index contributed by atoms with van der Waals surface area (Å²) in [5.41, 5.74) is 5.75. The SMILES string of the molecule is Nc1ccccc1S(=O)(=O)Nc1ncn[nH]1. The Hall–Kier alpha value is -2.09. The number of sulfonamides is 1. The summed E-state index contributed by atoms with van der Waals surface area (Å²) >= 11 is 0. The second kappa shape index (κ2) is 3.81. The molecule has 8 heteroatoms. The zero-order valence-electron chi connectivity index (χ0n) is 8.08. The van der Waals surface area contributed by atoms with Crippen LogP contribution in [0.3, 0.4) is 0 Å². The van der Waals surface area contributed by atoms with Crippen molar-refractivity contribution in [2.45, 2.75) is 4.90 Å². The van der Waals surface area contributed by atoms with Crippen molar-refractivity contribution in [1.29, 1.82) is 0 Å². The molecule has 0 saturated carbocycles. The Balaban J connectivity index is 2.37. The molecule has 2 aromatic rings. The van der Waals surface area contributed by atoms with Gasteiger partial charge in [-0.3, -0.25) is 0 Å². The van der Waals surface area contributed by atoms with Crippen molar-refractivity contribution in [2.75, 3.05) is 10.5 Å². The Morgan fingerprint density at radius 3 is 2.69 bits per heavy atom. The van der Waals surface area contributed by atoms with E-state index in [1.54, 1.807) is 12.1 Å². The molecule has 0 saturated heterocycles. The fourth-order valence-corrected chi connectivity index (χ4v) is 2.26. The van der Waals surface area contributed by atoms with Crippen molar-refractivity contribution in [3.8, 4) is 0 Å². The quantitative estimate of drug-likeness (QED) is 0.661. The summed E-state index contributed by atoms with van der Waals surface area (Å²) in [4.78, 5) is 3.66. The summed E-state index contributed by atoms with van der Waals surface area (Å²) in [6.45, 7) is 0. The number of nitrogen functional groups attached to an aromatic ring is 1. The minimum absolute atomic E-state index is 0.00593. The maximum atomic E-state index is 11.8. The van der Waals surface area contributed by atoms with Crippen molar-refractivity contribution in [3.05, 3.63) is 30.6 Å². The molecule has 1 heterocycles. The molecule has 0 amide bonds. The summed E-state index contributed by atoms with van der Waals surface area (Å²) < 4.78 is 25.9. The third kappa shape index (κ3) is 1.96. The lowest BCUT2D eigenvalue weighted by atomic mass is 10.3. The number of anilines is 2. The molecular weight excluding hydrogens is 230 g/mol. The number of nitrogens with one attached hydrogen (secondary N) is 2. The maximum Gasteiger partial charge on any atom is 0.266 e. The molecule has 0 aliphatic heterocycles. The monoisotopic (exact) mass is 239 g/mol. The number of aromatic amines is 1. The first-order valence-electron chi connectivity index (χ1n) is 4.32. The van der Waals surface area contributed by atoms with Gasteiger partial charge in [0, 0.05) is 0 Å². The lowest BCUT2D eigenvalue weighted by Crippen LogP contribution is -2.15. The van der Waals surface area contributed by atoms with Crippen molar-refractivity contribution in [1.82, 2.24) is 15.2 Å². The second-order valence-corrected chi connectivity index (χ2v) is 4.63. The highest BCUT2D eigenvalue weighted by atomic mass is 32.2. The number of nitrogens with zero attached hydrogens (tertiary/aromatic N) is 2. The third-order valence-corrected chi connectivity index (χ3v) is 3.27. The fourth-order valence-electron chi connectivity index (χ4n) is 1.16. The minimum Gasteiger partial charge on any atom is -0.398 e. The minimum atomic E-state index is -3.72. The van der Waals surface area contributed by atoms with Crippen LogP contribution in [0.25, 0.3) is 0 Å². The molecular formula is C8H9N5O2S. The first-order valence-corrected chi connectivity index (χ1v) is 5.80. The van der Waals surface area contributed by atoms with Crippen LogP contribution in [-0.2, 0) is 10.0 Å². The number of H-pyrrole nitrogens is 1. The summed E-state index contributed by atoms with van der Waals surface area (Å²) in [5, 5.41) is 5.92. The molecule has 1 aromatic carbocycles. The van der Waals surface area contributed by atoms with E-state index in [-0.39, 0.29) is 16.5 Å². The average Bonchev–Trinajstić information content (AvgIpc) is 2.70. The van der Waals surface area contributed by atoms with E-state index in [4.69, 9.17) is 5.73 Å². The zero-order valence-corrected chi connectivity index (χ0v) is 8.90. The van der Waals surface area contributed by atoms with Gasteiger partial charge in [0.25, 0.3) is 10.0 Å². The Kier molecular flexibility index (Phi) is 2.49. The van der Waals surface area contributed by atoms with Gasteiger partial charge in [0.05, 0.1) is 5.69 Å². The van der Waals surface area contributed by atoms with Gasteiger partial charge in [0.2, 0.25) is 5.95 Å². The number of hydrogen-bond acceptors (Lipinski definition) is 5. The van der Waals surface area contributed by atoms with E-state index in [2.05, 4.69) is 19.9 Å². The molecule has 16 heavy (non-hydrogen) atoms. The second-order valence-electron chi connectivity index (χ2n) is 2.98. The molecule has 0 atom stereocenters. The summed E-state index contributed by atoms with van der Waals surface area (Å²) in [6, 6.07) is 6.16. The van der Waals surface area contributed by atoms with Crippen LogP contribution in [0.15, 0.2) is 35.5 Å². The van der Waals surface area contributed by atoms with E-state index in [0.29, 0.717) is 0 Å². The van der Waals surface area contributed by atoms with Crippen molar-refractivity contribution in [3.63, 3.8) is 0 Å². The molecule has 4 N–H and O–H groups in total. The normalized spacial score (nSPS) is 11.2. The third-order valence-electron chi connectivity index (χ3n) is 1.85. The van der Waals surface area contributed by atoms with Crippen LogP contribution in [0.5, 0.6) is 0 Å². The predicted octanol–water partition coefficient (Wildman–Crippen LogP) is 0.188.